The van der Waals surface area contributed by atoms with Crippen molar-refractivity contribution in [1.82, 2.24) is 20.4 Å². The van der Waals surface area contributed by atoms with Gasteiger partial charge in [-0.25, -0.2) is 9.79 Å². The van der Waals surface area contributed by atoms with Crippen molar-refractivity contribution in [3.05, 3.63) is 23.8 Å². The van der Waals surface area contributed by atoms with Gasteiger partial charge in [-0.15, -0.1) is 24.0 Å². The van der Waals surface area contributed by atoms with Crippen LogP contribution in [0.1, 0.15) is 25.3 Å². The molecule has 1 aromatic rings. The Balaban J connectivity index is 0.00000385. The number of likely N-dealkylation sites (tertiary alicyclic amines) is 1. The predicted octanol–water partition coefficient (Wildman–Crippen LogP) is 1.82. The number of fused-ring (bicyclic) bond motifs is 1. The number of guanidine groups is 1. The first-order valence-corrected chi connectivity index (χ1v) is 11.0. The van der Waals surface area contributed by atoms with Gasteiger partial charge in [0.05, 0.1) is 6.61 Å². The van der Waals surface area contributed by atoms with Gasteiger partial charge in [0.1, 0.15) is 6.54 Å². The molecule has 0 spiro atoms. The molecular weight excluding hydrogens is 541 g/mol. The molecule has 0 aliphatic carbocycles. The number of benzene rings is 1. The first-order valence-electron chi connectivity index (χ1n) is 11.0. The van der Waals surface area contributed by atoms with Crippen LogP contribution >= 0.6 is 24.0 Å². The SMILES string of the molecule is CCOC(=O)N1CCC(NC(=NCC(=O)N(C)C)NCCc2ccc3c(c2)OCO3)CC1.I. The number of aliphatic imine (C=N–C) groups is 1. The molecule has 0 radical (unpaired) electrons. The predicted molar refractivity (Wildman–Crippen MR) is 135 cm³/mol. The van der Waals surface area contributed by atoms with E-state index in [9.17, 15) is 9.59 Å². The molecule has 0 saturated carbocycles. The molecular formula is C22H34IN5O5. The van der Waals surface area contributed by atoms with Crippen LogP contribution in [0.5, 0.6) is 11.5 Å². The van der Waals surface area contributed by atoms with Crippen LogP contribution in [0.4, 0.5) is 4.79 Å². The fourth-order valence-electron chi connectivity index (χ4n) is 3.48. The molecule has 2 amide bonds. The van der Waals surface area contributed by atoms with Crippen molar-refractivity contribution in [2.45, 2.75) is 32.2 Å². The van der Waals surface area contributed by atoms with Crippen LogP contribution in [0.15, 0.2) is 23.2 Å². The van der Waals surface area contributed by atoms with Gasteiger partial charge in [0.25, 0.3) is 0 Å². The van der Waals surface area contributed by atoms with E-state index in [1.165, 1.54) is 4.90 Å². The number of ether oxygens (including phenoxy) is 3. The summed E-state index contributed by atoms with van der Waals surface area (Å²) in [5.74, 6) is 2.05. The average molecular weight is 575 g/mol. The zero-order valence-corrected chi connectivity index (χ0v) is 21.8. The van der Waals surface area contributed by atoms with Crippen LogP contribution in [0.3, 0.4) is 0 Å². The summed E-state index contributed by atoms with van der Waals surface area (Å²) in [6.45, 7) is 4.39. The number of nitrogens with one attached hydrogen (secondary N) is 2. The molecule has 2 N–H and O–H groups in total. The summed E-state index contributed by atoms with van der Waals surface area (Å²) in [6.07, 6.45) is 2.06. The standard InChI is InChI=1S/C22H33N5O5.HI/c1-4-30-22(29)27-11-8-17(9-12-27)25-21(24-14-20(28)26(2)3)23-10-7-16-5-6-18-19(13-16)32-15-31-18;/h5-6,13,17H,4,7-12,14-15H2,1-3H3,(H2,23,24,25);1H. The molecule has 184 valence electrons. The maximum atomic E-state index is 12.0. The minimum absolute atomic E-state index is 0. The van der Waals surface area contributed by atoms with E-state index in [1.807, 2.05) is 18.2 Å². The number of rotatable bonds is 7. The van der Waals surface area contributed by atoms with Crippen molar-refractivity contribution in [1.29, 1.82) is 0 Å². The number of carbonyl (C=O) groups excluding carboxylic acids is 2. The minimum atomic E-state index is -0.265. The van der Waals surface area contributed by atoms with Crippen molar-refractivity contribution in [3.63, 3.8) is 0 Å². The summed E-state index contributed by atoms with van der Waals surface area (Å²) in [7, 11) is 3.42. The highest BCUT2D eigenvalue weighted by Crippen LogP contribution is 2.32. The van der Waals surface area contributed by atoms with E-state index < -0.39 is 0 Å². The lowest BCUT2D eigenvalue weighted by molar-refractivity contribution is -0.127. The Hall–Kier alpha value is -2.44. The van der Waals surface area contributed by atoms with Gasteiger partial charge in [-0.2, -0.15) is 0 Å². The number of halogens is 1. The highest BCUT2D eigenvalue weighted by atomic mass is 127. The van der Waals surface area contributed by atoms with Gasteiger partial charge in [-0.05, 0) is 43.9 Å². The number of carbonyl (C=O) groups is 2. The third-order valence-electron chi connectivity index (χ3n) is 5.38. The van der Waals surface area contributed by atoms with E-state index in [0.717, 1.165) is 36.3 Å². The van der Waals surface area contributed by atoms with E-state index >= 15 is 0 Å². The number of hydrogen-bond donors (Lipinski definition) is 2. The Labute approximate surface area is 212 Å². The second-order valence-corrected chi connectivity index (χ2v) is 7.92. The zero-order valence-electron chi connectivity index (χ0n) is 19.5. The van der Waals surface area contributed by atoms with Gasteiger partial charge in [0.2, 0.25) is 12.7 Å². The molecule has 3 rings (SSSR count). The molecule has 0 bridgehead atoms. The second-order valence-electron chi connectivity index (χ2n) is 7.92. The minimum Gasteiger partial charge on any atom is -0.454 e. The van der Waals surface area contributed by atoms with Crippen molar-refractivity contribution in [3.8, 4) is 11.5 Å². The highest BCUT2D eigenvalue weighted by Gasteiger charge is 2.24. The lowest BCUT2D eigenvalue weighted by Gasteiger charge is -2.32. The number of amides is 2. The van der Waals surface area contributed by atoms with Gasteiger partial charge in [-0.3, -0.25) is 4.79 Å². The lowest BCUT2D eigenvalue weighted by Crippen LogP contribution is -2.50. The fourth-order valence-corrected chi connectivity index (χ4v) is 3.48. The Morgan fingerprint density at radius 1 is 1.21 bits per heavy atom. The van der Waals surface area contributed by atoms with E-state index in [4.69, 9.17) is 14.2 Å². The first-order chi connectivity index (χ1) is 15.5. The van der Waals surface area contributed by atoms with Crippen LogP contribution in [0, 0.1) is 0 Å². The lowest BCUT2D eigenvalue weighted by atomic mass is 10.1. The monoisotopic (exact) mass is 575 g/mol. The van der Waals surface area contributed by atoms with Crippen molar-refractivity contribution >= 4 is 41.9 Å². The average Bonchev–Trinajstić information content (AvgIpc) is 3.25. The summed E-state index contributed by atoms with van der Waals surface area (Å²) < 4.78 is 15.9. The summed E-state index contributed by atoms with van der Waals surface area (Å²) in [4.78, 5) is 31.6. The zero-order chi connectivity index (χ0) is 22.9. The van der Waals surface area contributed by atoms with E-state index in [-0.39, 0.29) is 55.4 Å². The van der Waals surface area contributed by atoms with Crippen LogP contribution in [-0.2, 0) is 16.0 Å². The van der Waals surface area contributed by atoms with Crippen molar-refractivity contribution in [2.75, 3.05) is 53.7 Å². The van der Waals surface area contributed by atoms with Crippen LogP contribution in [0.2, 0.25) is 0 Å². The number of likely N-dealkylation sites (N-methyl/N-ethyl adjacent to an activating group) is 1. The third kappa shape index (κ3) is 8.13. The summed E-state index contributed by atoms with van der Waals surface area (Å²) in [5, 5.41) is 6.74. The molecule has 33 heavy (non-hydrogen) atoms. The largest absolute Gasteiger partial charge is 0.454 e. The molecule has 2 aliphatic heterocycles. The number of hydrogen-bond acceptors (Lipinski definition) is 6. The molecule has 0 aromatic heterocycles. The third-order valence-corrected chi connectivity index (χ3v) is 5.38. The summed E-state index contributed by atoms with van der Waals surface area (Å²) >= 11 is 0. The van der Waals surface area contributed by atoms with E-state index in [0.29, 0.717) is 32.2 Å². The van der Waals surface area contributed by atoms with Crippen molar-refractivity contribution in [2.24, 2.45) is 4.99 Å². The topological polar surface area (TPSA) is 105 Å². The Kier molecular flexibility index (Phi) is 10.8. The number of nitrogens with zero attached hydrogens (tertiary/aromatic N) is 3. The maximum Gasteiger partial charge on any atom is 0.409 e. The smallest absolute Gasteiger partial charge is 0.409 e. The van der Waals surface area contributed by atoms with Gasteiger partial charge >= 0.3 is 6.09 Å². The van der Waals surface area contributed by atoms with E-state index in [2.05, 4.69) is 15.6 Å². The quantitative estimate of drug-likeness (QED) is 0.291. The molecule has 0 atom stereocenters. The molecule has 11 heteroatoms. The highest BCUT2D eigenvalue weighted by molar-refractivity contribution is 14.0. The molecule has 2 heterocycles. The Morgan fingerprint density at radius 3 is 2.64 bits per heavy atom. The van der Waals surface area contributed by atoms with E-state index in [1.54, 1.807) is 25.9 Å². The van der Waals surface area contributed by atoms with Gasteiger partial charge in [0.15, 0.2) is 17.5 Å². The van der Waals surface area contributed by atoms with Crippen LogP contribution in [0.25, 0.3) is 0 Å². The maximum absolute atomic E-state index is 12.0. The normalized spacial score (nSPS) is 15.5. The first kappa shape index (κ1) is 26.8. The summed E-state index contributed by atoms with van der Waals surface area (Å²) in [5.41, 5.74) is 1.12. The second kappa shape index (κ2) is 13.3. The Morgan fingerprint density at radius 2 is 1.94 bits per heavy atom. The molecule has 1 saturated heterocycles. The van der Waals surface area contributed by atoms with Crippen molar-refractivity contribution < 1.29 is 23.8 Å². The Bertz CT molecular complexity index is 827. The summed E-state index contributed by atoms with van der Waals surface area (Å²) in [6, 6.07) is 6.07. The van der Waals surface area contributed by atoms with Crippen LogP contribution < -0.4 is 20.1 Å². The molecule has 1 fully saturated rings. The fraction of sp³-hybridized carbons (Fsp3) is 0.591. The van der Waals surface area contributed by atoms with Gasteiger partial charge in [-0.1, -0.05) is 6.07 Å². The van der Waals surface area contributed by atoms with Gasteiger partial charge < -0.3 is 34.6 Å². The molecule has 0 unspecified atom stereocenters. The van der Waals surface area contributed by atoms with Gasteiger partial charge in [0, 0.05) is 39.8 Å². The number of piperidine rings is 1. The molecule has 2 aliphatic rings. The van der Waals surface area contributed by atoms with Crippen LogP contribution in [-0.4, -0.2) is 87.5 Å². The molecule has 10 nitrogen and oxygen atoms in total. The molecule has 1 aromatic carbocycles.